The molecule has 0 atom stereocenters. The Labute approximate surface area is 135 Å². The van der Waals surface area contributed by atoms with Crippen LogP contribution in [-0.4, -0.2) is 50.4 Å². The van der Waals surface area contributed by atoms with E-state index in [2.05, 4.69) is 12.1 Å². The second-order valence-corrected chi connectivity index (χ2v) is 13.5. The van der Waals surface area contributed by atoms with Crippen LogP contribution in [0.5, 0.6) is 0 Å². The van der Waals surface area contributed by atoms with Gasteiger partial charge in [-0.2, -0.15) is 0 Å². The van der Waals surface area contributed by atoms with Crippen molar-refractivity contribution in [1.82, 2.24) is 0 Å². The minimum absolute atomic E-state index is 0.502. The molecule has 0 unspecified atom stereocenters. The summed E-state index contributed by atoms with van der Waals surface area (Å²) >= 11 is 0. The SMILES string of the molecule is CCO[Si](OCC)(OCC)[Si](Cc1ccccc1)(OC)OC. The summed E-state index contributed by atoms with van der Waals surface area (Å²) in [7, 11) is -2.59. The summed E-state index contributed by atoms with van der Waals surface area (Å²) in [6.07, 6.45) is 0. The van der Waals surface area contributed by atoms with Gasteiger partial charge in [0.25, 0.3) is 0 Å². The largest absolute Gasteiger partial charge is 0.539 e. The minimum atomic E-state index is -3.06. The topological polar surface area (TPSA) is 46.2 Å². The standard InChI is InChI=1S/C15H28O5Si2/c1-6-18-22(19-7-2,20-8-3)21(16-4,17-5)14-15-12-10-9-11-13-15/h9-13H,6-8,14H2,1-5H3. The summed E-state index contributed by atoms with van der Waals surface area (Å²) in [6.45, 7) is 7.32. The van der Waals surface area contributed by atoms with E-state index >= 15 is 0 Å². The third-order valence-corrected chi connectivity index (χ3v) is 14.4. The molecular weight excluding hydrogens is 316 g/mol. The van der Waals surface area contributed by atoms with E-state index in [1.807, 2.05) is 39.0 Å². The Hall–Kier alpha value is -0.546. The van der Waals surface area contributed by atoms with E-state index < -0.39 is 16.4 Å². The van der Waals surface area contributed by atoms with Crippen LogP contribution in [0.15, 0.2) is 30.3 Å². The first-order chi connectivity index (χ1) is 10.6. The van der Waals surface area contributed by atoms with Crippen molar-refractivity contribution in [3.8, 4) is 0 Å². The van der Waals surface area contributed by atoms with Gasteiger partial charge in [0, 0.05) is 40.1 Å². The molecule has 0 amide bonds. The van der Waals surface area contributed by atoms with Crippen molar-refractivity contribution in [3.63, 3.8) is 0 Å². The van der Waals surface area contributed by atoms with Crippen LogP contribution in [-0.2, 0) is 28.2 Å². The van der Waals surface area contributed by atoms with Crippen LogP contribution in [0.4, 0.5) is 0 Å². The zero-order chi connectivity index (χ0) is 16.5. The summed E-state index contributed by atoms with van der Waals surface area (Å²) in [5.74, 6) is 0. The molecule has 0 fully saturated rings. The van der Waals surface area contributed by atoms with Gasteiger partial charge < -0.3 is 22.1 Å². The second kappa shape index (κ2) is 9.56. The maximum atomic E-state index is 6.04. The molecule has 0 spiro atoms. The van der Waals surface area contributed by atoms with Crippen molar-refractivity contribution >= 4 is 16.4 Å². The van der Waals surface area contributed by atoms with E-state index in [0.29, 0.717) is 25.9 Å². The first-order valence-electron chi connectivity index (χ1n) is 7.69. The molecule has 7 heteroatoms. The molecule has 0 bridgehead atoms. The van der Waals surface area contributed by atoms with E-state index in [1.165, 1.54) is 0 Å². The van der Waals surface area contributed by atoms with Gasteiger partial charge in [0.2, 0.25) is 0 Å². The van der Waals surface area contributed by atoms with Gasteiger partial charge in [-0.15, -0.1) is 0 Å². The maximum Gasteiger partial charge on any atom is 0.539 e. The Morgan fingerprint density at radius 3 is 1.59 bits per heavy atom. The number of rotatable bonds is 11. The first-order valence-corrected chi connectivity index (χ1v) is 12.4. The molecule has 0 aliphatic carbocycles. The molecule has 0 aliphatic rings. The molecular formula is C15H28O5Si2. The summed E-state index contributed by atoms with van der Waals surface area (Å²) in [5, 5.41) is 0. The molecule has 1 rings (SSSR count). The van der Waals surface area contributed by atoms with E-state index in [4.69, 9.17) is 22.1 Å². The fourth-order valence-corrected chi connectivity index (χ4v) is 12.5. The van der Waals surface area contributed by atoms with E-state index in [-0.39, 0.29) is 0 Å². The lowest BCUT2D eigenvalue weighted by atomic mass is 10.2. The van der Waals surface area contributed by atoms with Crippen LogP contribution in [0.3, 0.4) is 0 Å². The van der Waals surface area contributed by atoms with Crippen molar-refractivity contribution in [2.45, 2.75) is 26.8 Å². The number of hydrogen-bond donors (Lipinski definition) is 0. The Morgan fingerprint density at radius 2 is 1.23 bits per heavy atom. The molecule has 0 aromatic heterocycles. The summed E-state index contributed by atoms with van der Waals surface area (Å²) in [5.41, 5.74) is 1.13. The van der Waals surface area contributed by atoms with Crippen LogP contribution >= 0.6 is 0 Å². The van der Waals surface area contributed by atoms with Gasteiger partial charge in [0.15, 0.2) is 0 Å². The number of hydrogen-bond acceptors (Lipinski definition) is 5. The van der Waals surface area contributed by atoms with Gasteiger partial charge in [0.05, 0.1) is 0 Å². The molecule has 5 nitrogen and oxygen atoms in total. The lowest BCUT2D eigenvalue weighted by Gasteiger charge is -2.40. The normalized spacial score (nSPS) is 12.6. The van der Waals surface area contributed by atoms with E-state index in [9.17, 15) is 0 Å². The Kier molecular flexibility index (Phi) is 8.47. The van der Waals surface area contributed by atoms with Crippen molar-refractivity contribution in [3.05, 3.63) is 35.9 Å². The zero-order valence-corrected chi connectivity index (χ0v) is 16.3. The smallest absolute Gasteiger partial charge is 0.395 e. The van der Waals surface area contributed by atoms with Gasteiger partial charge >= 0.3 is 16.4 Å². The lowest BCUT2D eigenvalue weighted by Crippen LogP contribution is -2.73. The average molecular weight is 345 g/mol. The average Bonchev–Trinajstić information content (AvgIpc) is 2.54. The summed E-state index contributed by atoms with van der Waals surface area (Å²) in [4.78, 5) is 0. The third-order valence-electron chi connectivity index (χ3n) is 3.41. The lowest BCUT2D eigenvalue weighted by molar-refractivity contribution is 0.0701. The fourth-order valence-electron chi connectivity index (χ4n) is 2.48. The van der Waals surface area contributed by atoms with Crippen LogP contribution in [0, 0.1) is 0 Å². The quantitative estimate of drug-likeness (QED) is 0.578. The molecule has 0 saturated carbocycles. The van der Waals surface area contributed by atoms with Crippen molar-refractivity contribution in [1.29, 1.82) is 0 Å². The highest BCUT2D eigenvalue weighted by atomic mass is 29.3. The highest BCUT2D eigenvalue weighted by Gasteiger charge is 2.67. The molecule has 126 valence electrons. The molecule has 0 saturated heterocycles. The predicted octanol–water partition coefficient (Wildman–Crippen LogP) is 2.63. The minimum Gasteiger partial charge on any atom is -0.395 e. The van der Waals surface area contributed by atoms with Gasteiger partial charge in [-0.25, -0.2) is 0 Å². The molecule has 0 N–H and O–H groups in total. The molecule has 0 aliphatic heterocycles. The molecule has 0 radical (unpaired) electrons. The van der Waals surface area contributed by atoms with Gasteiger partial charge in [-0.1, -0.05) is 30.3 Å². The molecule has 1 aromatic rings. The highest BCUT2D eigenvalue weighted by molar-refractivity contribution is 7.29. The van der Waals surface area contributed by atoms with E-state index in [1.54, 1.807) is 14.2 Å². The maximum absolute atomic E-state index is 6.04. The van der Waals surface area contributed by atoms with Crippen LogP contribution in [0.25, 0.3) is 0 Å². The fraction of sp³-hybridized carbons (Fsp3) is 0.600. The number of benzene rings is 1. The monoisotopic (exact) mass is 344 g/mol. The van der Waals surface area contributed by atoms with Crippen LogP contribution in [0.2, 0.25) is 0 Å². The van der Waals surface area contributed by atoms with Crippen molar-refractivity contribution in [2.24, 2.45) is 0 Å². The van der Waals surface area contributed by atoms with Gasteiger partial charge in [-0.3, -0.25) is 0 Å². The summed E-state index contributed by atoms with van der Waals surface area (Å²) < 4.78 is 29.9. The van der Waals surface area contributed by atoms with Crippen molar-refractivity contribution in [2.75, 3.05) is 34.0 Å². The predicted molar refractivity (Wildman–Crippen MR) is 90.6 cm³/mol. The third kappa shape index (κ3) is 4.26. The second-order valence-electron chi connectivity index (χ2n) is 4.68. The molecule has 22 heavy (non-hydrogen) atoms. The Balaban J connectivity index is 3.24. The van der Waals surface area contributed by atoms with Crippen LogP contribution in [0.1, 0.15) is 26.3 Å². The van der Waals surface area contributed by atoms with Gasteiger partial charge in [-0.05, 0) is 26.3 Å². The van der Waals surface area contributed by atoms with Crippen molar-refractivity contribution < 1.29 is 22.1 Å². The molecule has 0 heterocycles. The Morgan fingerprint density at radius 1 is 0.773 bits per heavy atom. The van der Waals surface area contributed by atoms with Crippen LogP contribution < -0.4 is 0 Å². The summed E-state index contributed by atoms with van der Waals surface area (Å²) in [6, 6.07) is 10.7. The molecule has 1 aromatic carbocycles. The highest BCUT2D eigenvalue weighted by Crippen LogP contribution is 2.28. The zero-order valence-electron chi connectivity index (χ0n) is 14.3. The van der Waals surface area contributed by atoms with Gasteiger partial charge in [0.1, 0.15) is 0 Å². The van der Waals surface area contributed by atoms with E-state index in [0.717, 1.165) is 5.56 Å². The Bertz CT molecular complexity index is 395. The first kappa shape index (κ1) is 19.5.